The molecule has 1 amide bonds. The zero-order valence-corrected chi connectivity index (χ0v) is 13.5. The molecular weight excluding hydrogens is 322 g/mol. The molecule has 7 nitrogen and oxygen atoms in total. The van der Waals surface area contributed by atoms with Crippen molar-refractivity contribution in [1.82, 2.24) is 14.9 Å². The lowest BCUT2D eigenvalue weighted by molar-refractivity contribution is -0.138. The maximum atomic E-state index is 13.1. The van der Waals surface area contributed by atoms with Crippen molar-refractivity contribution in [2.24, 2.45) is 5.92 Å². The number of ether oxygens (including phenoxy) is 1. The Bertz CT molecular complexity index is 794. The highest BCUT2D eigenvalue weighted by molar-refractivity contribution is 5.79. The molecule has 1 aliphatic heterocycles. The molecule has 0 unspecified atom stereocenters. The molecule has 1 aliphatic rings. The fourth-order valence-electron chi connectivity index (χ4n) is 2.98. The summed E-state index contributed by atoms with van der Waals surface area (Å²) in [5.74, 6) is 0.611. The lowest BCUT2D eigenvalue weighted by Crippen LogP contribution is -2.40. The molecule has 2 aromatic heterocycles. The summed E-state index contributed by atoms with van der Waals surface area (Å²) in [7, 11) is 0. The fourth-order valence-corrected chi connectivity index (χ4v) is 2.98. The largest absolute Gasteiger partial charge is 0.492 e. The highest BCUT2D eigenvalue weighted by Gasteiger charge is 2.30. The number of fused-ring (bicyclic) bond motifs is 1. The Morgan fingerprint density at radius 1 is 1.08 bits per heavy atom. The number of amides is 1. The first-order valence-corrected chi connectivity index (χ1v) is 8.03. The molecule has 25 heavy (non-hydrogen) atoms. The average molecular weight is 339 g/mol. The van der Waals surface area contributed by atoms with E-state index in [1.165, 1.54) is 25.3 Å². The van der Waals surface area contributed by atoms with Gasteiger partial charge in [-0.25, -0.2) is 9.97 Å². The van der Waals surface area contributed by atoms with Gasteiger partial charge in [-0.3, -0.25) is 4.79 Å². The number of rotatable bonds is 5. The van der Waals surface area contributed by atoms with E-state index in [1.807, 2.05) is 24.3 Å². The van der Waals surface area contributed by atoms with Crippen molar-refractivity contribution in [2.45, 2.75) is 19.5 Å². The third-order valence-electron chi connectivity index (χ3n) is 4.21. The topological polar surface area (TPSA) is 81.6 Å². The van der Waals surface area contributed by atoms with E-state index in [1.54, 1.807) is 4.90 Å². The monoisotopic (exact) mass is 339 g/mol. The molecule has 0 aliphatic carbocycles. The van der Waals surface area contributed by atoms with Gasteiger partial charge in [0.2, 0.25) is 5.91 Å². The lowest BCUT2D eigenvalue weighted by Gasteiger charge is -2.29. The van der Waals surface area contributed by atoms with Crippen LogP contribution in [0.5, 0.6) is 5.75 Å². The van der Waals surface area contributed by atoms with Gasteiger partial charge >= 0.3 is 0 Å². The minimum absolute atomic E-state index is 0.000466. The molecule has 1 atom stereocenters. The van der Waals surface area contributed by atoms with E-state index < -0.39 is 0 Å². The highest BCUT2D eigenvalue weighted by atomic mass is 16.5. The number of aromatic nitrogens is 2. The van der Waals surface area contributed by atoms with E-state index in [0.29, 0.717) is 37.5 Å². The summed E-state index contributed by atoms with van der Waals surface area (Å²) in [6.45, 7) is 1.06. The third-order valence-corrected chi connectivity index (χ3v) is 4.21. The summed E-state index contributed by atoms with van der Waals surface area (Å²) >= 11 is 0. The second-order valence-corrected chi connectivity index (χ2v) is 5.97. The summed E-state index contributed by atoms with van der Waals surface area (Å²) in [6.07, 6.45) is 6.44. The van der Waals surface area contributed by atoms with Gasteiger partial charge in [-0.05, 0) is 18.1 Å². The number of carbonyl (C=O) groups is 1. The van der Waals surface area contributed by atoms with Gasteiger partial charge in [0.05, 0.1) is 30.4 Å². The highest BCUT2D eigenvalue weighted by Crippen LogP contribution is 2.28. The zero-order valence-electron chi connectivity index (χ0n) is 13.5. The molecule has 3 aromatic rings. The number of oxazole rings is 2. The summed E-state index contributed by atoms with van der Waals surface area (Å²) in [6, 6.07) is 7.81. The van der Waals surface area contributed by atoms with Gasteiger partial charge in [0.1, 0.15) is 24.9 Å². The predicted molar refractivity (Wildman–Crippen MR) is 86.4 cm³/mol. The van der Waals surface area contributed by atoms with Gasteiger partial charge in [0, 0.05) is 0 Å². The van der Waals surface area contributed by atoms with E-state index in [-0.39, 0.29) is 11.8 Å². The molecule has 7 heteroatoms. The van der Waals surface area contributed by atoms with Gasteiger partial charge < -0.3 is 18.5 Å². The summed E-state index contributed by atoms with van der Waals surface area (Å²) in [5, 5.41) is 0. The first-order valence-electron chi connectivity index (χ1n) is 8.03. The van der Waals surface area contributed by atoms with Gasteiger partial charge in [-0.2, -0.15) is 0 Å². The predicted octanol–water partition coefficient (Wildman–Crippen LogP) is 2.44. The third kappa shape index (κ3) is 3.40. The molecule has 1 aromatic carbocycles. The van der Waals surface area contributed by atoms with Crippen molar-refractivity contribution in [3.05, 3.63) is 66.5 Å². The van der Waals surface area contributed by atoms with Crippen molar-refractivity contribution >= 4 is 5.91 Å². The van der Waals surface area contributed by atoms with Crippen LogP contribution >= 0.6 is 0 Å². The SMILES string of the molecule is O=C([C@H]1COc2ccccc2C1)N(Cc1cocn1)Cc1cocn1. The van der Waals surface area contributed by atoms with E-state index in [9.17, 15) is 4.79 Å². The molecule has 0 saturated carbocycles. The standard InChI is InChI=1S/C18H17N3O4/c22-18(14-5-13-3-1-2-4-17(13)25-8-14)21(6-15-9-23-11-19-15)7-16-10-24-12-20-16/h1-4,9-12,14H,5-8H2/t14-/m1/s1. The number of para-hydroxylation sites is 1. The van der Waals surface area contributed by atoms with Crippen molar-refractivity contribution in [3.8, 4) is 5.75 Å². The smallest absolute Gasteiger partial charge is 0.230 e. The minimum atomic E-state index is -0.242. The van der Waals surface area contributed by atoms with Crippen molar-refractivity contribution in [2.75, 3.05) is 6.61 Å². The van der Waals surface area contributed by atoms with E-state index in [2.05, 4.69) is 9.97 Å². The van der Waals surface area contributed by atoms with Crippen LogP contribution in [0.4, 0.5) is 0 Å². The van der Waals surface area contributed by atoms with Crippen LogP contribution < -0.4 is 4.74 Å². The van der Waals surface area contributed by atoms with Crippen LogP contribution in [-0.2, 0) is 24.3 Å². The van der Waals surface area contributed by atoms with Crippen LogP contribution in [0, 0.1) is 5.92 Å². The first-order chi connectivity index (χ1) is 12.3. The van der Waals surface area contributed by atoms with Gasteiger partial charge in [0.15, 0.2) is 12.8 Å². The Morgan fingerprint density at radius 2 is 1.76 bits per heavy atom. The van der Waals surface area contributed by atoms with Crippen LogP contribution in [0.1, 0.15) is 17.0 Å². The molecule has 0 saturated heterocycles. The molecule has 0 radical (unpaired) electrons. The molecule has 3 heterocycles. The van der Waals surface area contributed by atoms with Crippen molar-refractivity contribution in [1.29, 1.82) is 0 Å². The van der Waals surface area contributed by atoms with E-state index in [0.717, 1.165) is 11.3 Å². The van der Waals surface area contributed by atoms with Crippen LogP contribution in [0.2, 0.25) is 0 Å². The number of hydrogen-bond acceptors (Lipinski definition) is 6. The van der Waals surface area contributed by atoms with Gasteiger partial charge in [0.25, 0.3) is 0 Å². The summed E-state index contributed by atoms with van der Waals surface area (Å²) in [4.78, 5) is 23.0. The number of benzene rings is 1. The maximum absolute atomic E-state index is 13.1. The van der Waals surface area contributed by atoms with Crippen LogP contribution in [0.25, 0.3) is 0 Å². The van der Waals surface area contributed by atoms with Crippen LogP contribution in [0.3, 0.4) is 0 Å². The van der Waals surface area contributed by atoms with Gasteiger partial charge in [-0.15, -0.1) is 0 Å². The fraction of sp³-hybridized carbons (Fsp3) is 0.278. The second kappa shape index (κ2) is 6.80. The average Bonchev–Trinajstić information content (AvgIpc) is 3.34. The van der Waals surface area contributed by atoms with Crippen LogP contribution in [-0.4, -0.2) is 27.4 Å². The Balaban J connectivity index is 1.53. The van der Waals surface area contributed by atoms with Gasteiger partial charge in [-0.1, -0.05) is 18.2 Å². The molecule has 128 valence electrons. The maximum Gasteiger partial charge on any atom is 0.230 e. The molecule has 4 rings (SSSR count). The zero-order chi connectivity index (χ0) is 17.1. The Morgan fingerprint density at radius 3 is 2.40 bits per heavy atom. The van der Waals surface area contributed by atoms with Crippen molar-refractivity contribution < 1.29 is 18.4 Å². The lowest BCUT2D eigenvalue weighted by atomic mass is 9.95. The quantitative estimate of drug-likeness (QED) is 0.710. The number of hydrogen-bond donors (Lipinski definition) is 0. The molecular formula is C18H17N3O4. The number of carbonyl (C=O) groups excluding carboxylic acids is 1. The Labute approximate surface area is 144 Å². The Hall–Kier alpha value is -3.09. The molecule has 0 spiro atoms. The first kappa shape index (κ1) is 15.4. The van der Waals surface area contributed by atoms with E-state index in [4.69, 9.17) is 13.6 Å². The Kier molecular flexibility index (Phi) is 4.20. The minimum Gasteiger partial charge on any atom is -0.492 e. The summed E-state index contributed by atoms with van der Waals surface area (Å²) in [5.41, 5.74) is 2.43. The molecule has 0 N–H and O–H groups in total. The molecule has 0 bridgehead atoms. The van der Waals surface area contributed by atoms with Crippen molar-refractivity contribution in [3.63, 3.8) is 0 Å². The van der Waals surface area contributed by atoms with E-state index >= 15 is 0 Å². The summed E-state index contributed by atoms with van der Waals surface area (Å²) < 4.78 is 15.8. The molecule has 0 fully saturated rings. The second-order valence-electron chi connectivity index (χ2n) is 5.97. The van der Waals surface area contributed by atoms with Crippen LogP contribution in [0.15, 0.2) is 58.4 Å². The number of nitrogens with zero attached hydrogens (tertiary/aromatic N) is 3. The normalized spacial score (nSPS) is 16.1.